The minimum absolute atomic E-state index is 0.277. The summed E-state index contributed by atoms with van der Waals surface area (Å²) in [6, 6.07) is 12.5. The molecular weight excluding hydrogens is 248 g/mol. The van der Waals surface area contributed by atoms with Crippen molar-refractivity contribution in [1.82, 2.24) is 10.3 Å². The Bertz CT molecular complexity index is 540. The summed E-state index contributed by atoms with van der Waals surface area (Å²) in [4.78, 5) is 4.29. The Kier molecular flexibility index (Phi) is 5.13. The summed E-state index contributed by atoms with van der Waals surface area (Å²) >= 11 is 0. The van der Waals surface area contributed by atoms with Crippen LogP contribution in [0.1, 0.15) is 36.7 Å². The van der Waals surface area contributed by atoms with E-state index in [-0.39, 0.29) is 6.04 Å². The standard InChI is InChI=1S/C17H22N2O/c1-4-18-14(3)16-9-8-13(2)11-17(16)20-12-15-7-5-6-10-19-15/h5-11,14,18H,4,12H2,1-3H3. The van der Waals surface area contributed by atoms with Gasteiger partial charge in [-0.2, -0.15) is 0 Å². The molecule has 0 saturated heterocycles. The molecule has 0 spiro atoms. The van der Waals surface area contributed by atoms with Crippen LogP contribution in [0.3, 0.4) is 0 Å². The van der Waals surface area contributed by atoms with E-state index in [4.69, 9.17) is 4.74 Å². The molecule has 1 atom stereocenters. The molecule has 20 heavy (non-hydrogen) atoms. The Balaban J connectivity index is 2.15. The van der Waals surface area contributed by atoms with Crippen molar-refractivity contribution in [2.75, 3.05) is 6.54 Å². The van der Waals surface area contributed by atoms with E-state index in [1.54, 1.807) is 6.20 Å². The van der Waals surface area contributed by atoms with Crippen LogP contribution in [0.4, 0.5) is 0 Å². The summed E-state index contributed by atoms with van der Waals surface area (Å²) in [6.45, 7) is 7.78. The van der Waals surface area contributed by atoms with Crippen molar-refractivity contribution >= 4 is 0 Å². The molecule has 3 nitrogen and oxygen atoms in total. The van der Waals surface area contributed by atoms with Gasteiger partial charge in [0.1, 0.15) is 12.4 Å². The molecule has 0 bridgehead atoms. The van der Waals surface area contributed by atoms with Gasteiger partial charge in [-0.1, -0.05) is 25.1 Å². The maximum atomic E-state index is 5.97. The molecule has 1 unspecified atom stereocenters. The lowest BCUT2D eigenvalue weighted by Gasteiger charge is -2.18. The maximum absolute atomic E-state index is 5.97. The fourth-order valence-corrected chi connectivity index (χ4v) is 2.18. The van der Waals surface area contributed by atoms with Gasteiger partial charge in [0, 0.05) is 17.8 Å². The average Bonchev–Trinajstić information content (AvgIpc) is 2.46. The number of nitrogens with one attached hydrogen (secondary N) is 1. The normalized spacial score (nSPS) is 12.2. The molecule has 0 aliphatic rings. The summed E-state index contributed by atoms with van der Waals surface area (Å²) in [5, 5.41) is 3.42. The quantitative estimate of drug-likeness (QED) is 0.870. The first kappa shape index (κ1) is 14.5. The van der Waals surface area contributed by atoms with Crippen molar-refractivity contribution in [1.29, 1.82) is 0 Å². The van der Waals surface area contributed by atoms with Gasteiger partial charge in [-0.25, -0.2) is 0 Å². The highest BCUT2D eigenvalue weighted by Gasteiger charge is 2.11. The van der Waals surface area contributed by atoms with E-state index in [2.05, 4.69) is 49.3 Å². The molecule has 1 aromatic heterocycles. The molecule has 3 heteroatoms. The number of aryl methyl sites for hydroxylation is 1. The van der Waals surface area contributed by atoms with Crippen LogP contribution >= 0.6 is 0 Å². The highest BCUT2D eigenvalue weighted by atomic mass is 16.5. The zero-order chi connectivity index (χ0) is 14.4. The molecule has 0 radical (unpaired) electrons. The van der Waals surface area contributed by atoms with Gasteiger partial charge < -0.3 is 10.1 Å². The predicted octanol–water partition coefficient (Wildman–Crippen LogP) is 3.64. The summed E-state index contributed by atoms with van der Waals surface area (Å²) in [5.41, 5.74) is 3.33. The summed E-state index contributed by atoms with van der Waals surface area (Å²) in [5.74, 6) is 0.934. The van der Waals surface area contributed by atoms with Crippen molar-refractivity contribution in [3.05, 3.63) is 59.4 Å². The molecule has 1 heterocycles. The monoisotopic (exact) mass is 270 g/mol. The van der Waals surface area contributed by atoms with Crippen LogP contribution in [0.25, 0.3) is 0 Å². The van der Waals surface area contributed by atoms with E-state index in [9.17, 15) is 0 Å². The van der Waals surface area contributed by atoms with Gasteiger partial charge in [0.25, 0.3) is 0 Å². The summed E-state index contributed by atoms with van der Waals surface area (Å²) < 4.78 is 5.97. The number of hydrogen-bond donors (Lipinski definition) is 1. The van der Waals surface area contributed by atoms with Crippen LogP contribution in [0.5, 0.6) is 5.75 Å². The first-order valence-corrected chi connectivity index (χ1v) is 7.07. The predicted molar refractivity (Wildman–Crippen MR) is 81.8 cm³/mol. The number of hydrogen-bond acceptors (Lipinski definition) is 3. The number of benzene rings is 1. The smallest absolute Gasteiger partial charge is 0.130 e. The lowest BCUT2D eigenvalue weighted by atomic mass is 10.0. The van der Waals surface area contributed by atoms with E-state index in [0.717, 1.165) is 18.0 Å². The van der Waals surface area contributed by atoms with Crippen molar-refractivity contribution in [3.8, 4) is 5.75 Å². The minimum atomic E-state index is 0.277. The van der Waals surface area contributed by atoms with E-state index < -0.39 is 0 Å². The van der Waals surface area contributed by atoms with E-state index >= 15 is 0 Å². The number of aromatic nitrogens is 1. The molecule has 1 N–H and O–H groups in total. The maximum Gasteiger partial charge on any atom is 0.130 e. The lowest BCUT2D eigenvalue weighted by Crippen LogP contribution is -2.18. The molecule has 0 amide bonds. The third-order valence-corrected chi connectivity index (χ3v) is 3.25. The first-order valence-electron chi connectivity index (χ1n) is 7.07. The Morgan fingerprint density at radius 2 is 2.10 bits per heavy atom. The molecule has 2 rings (SSSR count). The Morgan fingerprint density at radius 1 is 1.25 bits per heavy atom. The molecular formula is C17H22N2O. The average molecular weight is 270 g/mol. The highest BCUT2D eigenvalue weighted by molar-refractivity contribution is 5.39. The Labute approximate surface area is 121 Å². The third kappa shape index (κ3) is 3.81. The van der Waals surface area contributed by atoms with E-state index in [1.807, 2.05) is 18.2 Å². The zero-order valence-corrected chi connectivity index (χ0v) is 12.4. The fraction of sp³-hybridized carbons (Fsp3) is 0.353. The SMILES string of the molecule is CCNC(C)c1ccc(C)cc1OCc1ccccn1. The Morgan fingerprint density at radius 3 is 2.80 bits per heavy atom. The molecule has 0 saturated carbocycles. The summed E-state index contributed by atoms with van der Waals surface area (Å²) in [6.07, 6.45) is 1.79. The summed E-state index contributed by atoms with van der Waals surface area (Å²) in [7, 11) is 0. The minimum Gasteiger partial charge on any atom is -0.487 e. The fourth-order valence-electron chi connectivity index (χ4n) is 2.18. The number of pyridine rings is 1. The zero-order valence-electron chi connectivity index (χ0n) is 12.4. The van der Waals surface area contributed by atoms with E-state index in [1.165, 1.54) is 11.1 Å². The van der Waals surface area contributed by atoms with Crippen molar-refractivity contribution < 1.29 is 4.74 Å². The molecule has 0 fully saturated rings. The second-order valence-corrected chi connectivity index (χ2v) is 4.93. The van der Waals surface area contributed by atoms with Gasteiger partial charge in [-0.15, -0.1) is 0 Å². The largest absolute Gasteiger partial charge is 0.487 e. The highest BCUT2D eigenvalue weighted by Crippen LogP contribution is 2.27. The number of rotatable bonds is 6. The Hall–Kier alpha value is -1.87. The van der Waals surface area contributed by atoms with Gasteiger partial charge in [0.2, 0.25) is 0 Å². The lowest BCUT2D eigenvalue weighted by molar-refractivity contribution is 0.295. The van der Waals surface area contributed by atoms with Crippen molar-refractivity contribution in [2.24, 2.45) is 0 Å². The van der Waals surface area contributed by atoms with Crippen molar-refractivity contribution in [3.63, 3.8) is 0 Å². The number of ether oxygens (including phenoxy) is 1. The van der Waals surface area contributed by atoms with Crippen LogP contribution in [0.2, 0.25) is 0 Å². The molecule has 0 aliphatic carbocycles. The van der Waals surface area contributed by atoms with Crippen molar-refractivity contribution in [2.45, 2.75) is 33.4 Å². The number of nitrogens with zero attached hydrogens (tertiary/aromatic N) is 1. The van der Waals surface area contributed by atoms with Gasteiger partial charge in [-0.3, -0.25) is 4.98 Å². The van der Waals surface area contributed by atoms with E-state index in [0.29, 0.717) is 6.61 Å². The molecule has 1 aromatic carbocycles. The van der Waals surface area contributed by atoms with Gasteiger partial charge in [-0.05, 0) is 44.2 Å². The third-order valence-electron chi connectivity index (χ3n) is 3.25. The van der Waals surface area contributed by atoms with Crippen LogP contribution in [-0.4, -0.2) is 11.5 Å². The van der Waals surface area contributed by atoms with Gasteiger partial charge >= 0.3 is 0 Å². The second-order valence-electron chi connectivity index (χ2n) is 4.93. The first-order chi connectivity index (χ1) is 9.70. The van der Waals surface area contributed by atoms with Crippen LogP contribution < -0.4 is 10.1 Å². The van der Waals surface area contributed by atoms with Crippen LogP contribution in [0.15, 0.2) is 42.6 Å². The second kappa shape index (κ2) is 7.06. The van der Waals surface area contributed by atoms with Gasteiger partial charge in [0.15, 0.2) is 0 Å². The molecule has 0 aliphatic heterocycles. The molecule has 2 aromatic rings. The topological polar surface area (TPSA) is 34.1 Å². The van der Waals surface area contributed by atoms with Crippen LogP contribution in [0, 0.1) is 6.92 Å². The van der Waals surface area contributed by atoms with Crippen LogP contribution in [-0.2, 0) is 6.61 Å². The van der Waals surface area contributed by atoms with Gasteiger partial charge in [0.05, 0.1) is 5.69 Å². The molecule has 106 valence electrons.